The Morgan fingerprint density at radius 2 is 2.00 bits per heavy atom. The van der Waals surface area contributed by atoms with Crippen LogP contribution in [0.4, 0.5) is 0 Å². The van der Waals surface area contributed by atoms with Crippen LogP contribution in [0.2, 0.25) is 0 Å². The molecule has 1 aromatic heterocycles. The zero-order chi connectivity index (χ0) is 22.7. The van der Waals surface area contributed by atoms with Crippen LogP contribution in [0.25, 0.3) is 0 Å². The molecular formula is C25H40O5S. The van der Waals surface area contributed by atoms with Gasteiger partial charge in [0.15, 0.2) is 0 Å². The minimum atomic E-state index is -4.42. The molecule has 3 rings (SSSR count). The van der Waals surface area contributed by atoms with Gasteiger partial charge in [-0.2, -0.15) is 8.42 Å². The number of hydrogen-bond acceptors (Lipinski definition) is 4. The van der Waals surface area contributed by atoms with Crippen molar-refractivity contribution in [2.75, 3.05) is 6.61 Å². The van der Waals surface area contributed by atoms with Crippen LogP contribution in [0.3, 0.4) is 0 Å². The molecule has 0 aliphatic heterocycles. The maximum absolute atomic E-state index is 11.2. The van der Waals surface area contributed by atoms with E-state index in [0.29, 0.717) is 11.3 Å². The number of furan rings is 1. The predicted octanol–water partition coefficient (Wildman–Crippen LogP) is 6.76. The second-order valence-electron chi connectivity index (χ2n) is 10.7. The molecular weight excluding hydrogens is 412 g/mol. The zero-order valence-corrected chi connectivity index (χ0v) is 20.5. The fourth-order valence-corrected chi connectivity index (χ4v) is 6.30. The van der Waals surface area contributed by atoms with Gasteiger partial charge in [-0.25, -0.2) is 4.18 Å². The first-order valence-corrected chi connectivity index (χ1v) is 13.2. The second kappa shape index (κ2) is 9.80. The Balaban J connectivity index is 1.70. The average molecular weight is 453 g/mol. The summed E-state index contributed by atoms with van der Waals surface area (Å²) in [7, 11) is -4.42. The number of hydrogen-bond donors (Lipinski definition) is 1. The van der Waals surface area contributed by atoms with E-state index < -0.39 is 10.4 Å². The molecule has 0 radical (unpaired) electrons. The van der Waals surface area contributed by atoms with Crippen LogP contribution >= 0.6 is 0 Å². The number of rotatable bonds is 10. The highest BCUT2D eigenvalue weighted by atomic mass is 32.3. The standard InChI is InChI=1S/C25H40O5S/c1-19-10-11-22-23(9-6-14-24(22,2)3)25(19,4)15-12-20(18-30-31(26,27)28)7-5-8-21-13-16-29-17-21/h13,16-17,19-20H,5-12,14-15,18H2,1-4H3,(H,26,27,28). The van der Waals surface area contributed by atoms with Crippen molar-refractivity contribution in [1.29, 1.82) is 0 Å². The summed E-state index contributed by atoms with van der Waals surface area (Å²) in [6.07, 6.45) is 14.3. The molecule has 0 bridgehead atoms. The van der Waals surface area contributed by atoms with Crippen LogP contribution in [-0.4, -0.2) is 19.6 Å². The summed E-state index contributed by atoms with van der Waals surface area (Å²) in [5, 5.41) is 0. The van der Waals surface area contributed by atoms with Gasteiger partial charge in [0.25, 0.3) is 0 Å². The summed E-state index contributed by atoms with van der Waals surface area (Å²) in [5.41, 5.74) is 4.97. The summed E-state index contributed by atoms with van der Waals surface area (Å²) >= 11 is 0. The highest BCUT2D eigenvalue weighted by Crippen LogP contribution is 2.56. The first kappa shape index (κ1) is 24.5. The summed E-state index contributed by atoms with van der Waals surface area (Å²) in [6.45, 7) is 9.66. The fourth-order valence-electron chi connectivity index (χ4n) is 5.94. The van der Waals surface area contributed by atoms with Crippen LogP contribution in [0, 0.1) is 22.7 Å². The van der Waals surface area contributed by atoms with E-state index >= 15 is 0 Å². The molecule has 5 nitrogen and oxygen atoms in total. The molecule has 2 aliphatic carbocycles. The van der Waals surface area contributed by atoms with E-state index in [1.54, 1.807) is 23.7 Å². The number of allylic oxidation sites excluding steroid dienone is 2. The lowest BCUT2D eigenvalue weighted by atomic mass is 9.55. The van der Waals surface area contributed by atoms with E-state index in [9.17, 15) is 8.42 Å². The third-order valence-corrected chi connectivity index (χ3v) is 8.63. The molecule has 0 amide bonds. The van der Waals surface area contributed by atoms with Crippen LogP contribution in [0.15, 0.2) is 34.2 Å². The lowest BCUT2D eigenvalue weighted by molar-refractivity contribution is 0.141. The Morgan fingerprint density at radius 3 is 2.68 bits per heavy atom. The molecule has 1 heterocycles. The number of aryl methyl sites for hydroxylation is 1. The lowest BCUT2D eigenvalue weighted by Crippen LogP contribution is -2.38. The van der Waals surface area contributed by atoms with Gasteiger partial charge in [-0.1, -0.05) is 38.8 Å². The smallest absolute Gasteiger partial charge is 0.397 e. The van der Waals surface area contributed by atoms with Gasteiger partial charge in [0.05, 0.1) is 19.1 Å². The molecule has 2 aliphatic rings. The van der Waals surface area contributed by atoms with Crippen molar-refractivity contribution >= 4 is 10.4 Å². The van der Waals surface area contributed by atoms with E-state index in [2.05, 4.69) is 27.7 Å². The van der Waals surface area contributed by atoms with E-state index in [0.717, 1.165) is 37.7 Å². The molecule has 1 aromatic rings. The van der Waals surface area contributed by atoms with Crippen molar-refractivity contribution < 1.29 is 21.6 Å². The normalized spacial score (nSPS) is 27.2. The monoisotopic (exact) mass is 452 g/mol. The van der Waals surface area contributed by atoms with Crippen molar-refractivity contribution in [3.63, 3.8) is 0 Å². The third kappa shape index (κ3) is 6.23. The first-order valence-electron chi connectivity index (χ1n) is 11.9. The second-order valence-corrected chi connectivity index (χ2v) is 11.8. The van der Waals surface area contributed by atoms with Crippen molar-refractivity contribution in [3.8, 4) is 0 Å². The highest BCUT2D eigenvalue weighted by Gasteiger charge is 2.44. The topological polar surface area (TPSA) is 76.7 Å². The van der Waals surface area contributed by atoms with Gasteiger partial charge in [-0.15, -0.1) is 0 Å². The van der Waals surface area contributed by atoms with E-state index in [-0.39, 0.29) is 17.9 Å². The van der Waals surface area contributed by atoms with Crippen molar-refractivity contribution in [2.24, 2.45) is 22.7 Å². The largest absolute Gasteiger partial charge is 0.472 e. The minimum absolute atomic E-state index is 0.0477. The van der Waals surface area contributed by atoms with Crippen molar-refractivity contribution in [2.45, 2.75) is 91.9 Å². The Hall–Kier alpha value is -1.11. The third-order valence-electron chi connectivity index (χ3n) is 8.20. The SMILES string of the molecule is CC1CCC2=C(CCCC2(C)C)C1(C)CCC(CCCc1ccoc1)COS(=O)(=O)O. The summed E-state index contributed by atoms with van der Waals surface area (Å²) < 4.78 is 41.4. The molecule has 0 spiro atoms. The molecule has 6 heteroatoms. The molecule has 1 N–H and O–H groups in total. The molecule has 0 saturated carbocycles. The molecule has 0 aromatic carbocycles. The van der Waals surface area contributed by atoms with Crippen LogP contribution in [0.1, 0.15) is 91.0 Å². The minimum Gasteiger partial charge on any atom is -0.472 e. The van der Waals surface area contributed by atoms with Crippen molar-refractivity contribution in [3.05, 3.63) is 35.3 Å². The Labute approximate surface area is 188 Å². The van der Waals surface area contributed by atoms with Gasteiger partial charge in [-0.05, 0) is 98.5 Å². The van der Waals surface area contributed by atoms with Gasteiger partial charge in [0.2, 0.25) is 0 Å². The Morgan fingerprint density at radius 1 is 1.23 bits per heavy atom. The fraction of sp³-hybridized carbons (Fsp3) is 0.760. The average Bonchev–Trinajstić information content (AvgIpc) is 3.19. The van der Waals surface area contributed by atoms with Gasteiger partial charge in [-0.3, -0.25) is 4.55 Å². The van der Waals surface area contributed by atoms with Gasteiger partial charge in [0, 0.05) is 0 Å². The summed E-state index contributed by atoms with van der Waals surface area (Å²) in [6, 6.07) is 1.97. The Bertz CT molecular complexity index is 852. The lowest BCUT2D eigenvalue weighted by Gasteiger charge is -2.50. The quantitative estimate of drug-likeness (QED) is 0.313. The van der Waals surface area contributed by atoms with Crippen LogP contribution in [-0.2, 0) is 21.0 Å². The van der Waals surface area contributed by atoms with E-state index in [1.165, 1.54) is 32.1 Å². The predicted molar refractivity (Wildman–Crippen MR) is 123 cm³/mol. The molecule has 3 atom stereocenters. The summed E-state index contributed by atoms with van der Waals surface area (Å²) in [4.78, 5) is 0. The van der Waals surface area contributed by atoms with Crippen molar-refractivity contribution in [1.82, 2.24) is 0 Å². The molecule has 3 unspecified atom stereocenters. The molecule has 0 fully saturated rings. The van der Waals surface area contributed by atoms with Gasteiger partial charge < -0.3 is 4.42 Å². The van der Waals surface area contributed by atoms with E-state index in [1.807, 2.05) is 6.07 Å². The van der Waals surface area contributed by atoms with Crippen LogP contribution < -0.4 is 0 Å². The molecule has 0 saturated heterocycles. The highest BCUT2D eigenvalue weighted by molar-refractivity contribution is 7.80. The first-order chi connectivity index (χ1) is 14.5. The molecule has 31 heavy (non-hydrogen) atoms. The maximum atomic E-state index is 11.2. The van der Waals surface area contributed by atoms with E-state index in [4.69, 9.17) is 13.2 Å². The Kier molecular flexibility index (Phi) is 7.75. The van der Waals surface area contributed by atoms with Gasteiger partial charge in [0.1, 0.15) is 0 Å². The van der Waals surface area contributed by atoms with Crippen LogP contribution in [0.5, 0.6) is 0 Å². The zero-order valence-electron chi connectivity index (χ0n) is 19.7. The summed E-state index contributed by atoms with van der Waals surface area (Å²) in [5.74, 6) is 0.717. The van der Waals surface area contributed by atoms with Gasteiger partial charge >= 0.3 is 10.4 Å². The molecule has 176 valence electrons. The maximum Gasteiger partial charge on any atom is 0.397 e.